The molecule has 4 nitrogen and oxygen atoms in total. The van der Waals surface area contributed by atoms with Crippen molar-refractivity contribution in [3.05, 3.63) is 65.7 Å². The molecule has 0 aliphatic carbocycles. The standard InChI is InChI=1S/C19H14F3NO3/c20-19(21,22)18(14-7-8-15-16(10-14)25-12-24-15)11-23-17(26-18)9-6-13-4-2-1-3-5-13/h1-10H,11-12H2/b9-6-. The molecule has 2 aliphatic rings. The van der Waals surface area contributed by atoms with Crippen LogP contribution in [0.1, 0.15) is 11.1 Å². The van der Waals surface area contributed by atoms with Gasteiger partial charge in [-0.05, 0) is 23.8 Å². The van der Waals surface area contributed by atoms with Crippen molar-refractivity contribution in [3.8, 4) is 11.5 Å². The number of halogens is 3. The van der Waals surface area contributed by atoms with Gasteiger partial charge in [-0.3, -0.25) is 0 Å². The van der Waals surface area contributed by atoms with E-state index in [9.17, 15) is 13.2 Å². The van der Waals surface area contributed by atoms with Crippen molar-refractivity contribution in [1.82, 2.24) is 0 Å². The smallest absolute Gasteiger partial charge is 0.434 e. The van der Waals surface area contributed by atoms with E-state index in [4.69, 9.17) is 14.2 Å². The maximum atomic E-state index is 13.9. The Labute approximate surface area is 147 Å². The summed E-state index contributed by atoms with van der Waals surface area (Å²) in [6, 6.07) is 13.3. The first-order valence-electron chi connectivity index (χ1n) is 7.91. The van der Waals surface area contributed by atoms with Crippen LogP contribution in [-0.2, 0) is 10.3 Å². The van der Waals surface area contributed by atoms with Gasteiger partial charge >= 0.3 is 6.18 Å². The molecule has 0 saturated heterocycles. The second-order valence-corrected chi connectivity index (χ2v) is 5.89. The third-order valence-corrected chi connectivity index (χ3v) is 4.25. The summed E-state index contributed by atoms with van der Waals surface area (Å²) in [5.74, 6) is 0.612. The van der Waals surface area contributed by atoms with Gasteiger partial charge in [0.1, 0.15) is 0 Å². The van der Waals surface area contributed by atoms with Gasteiger partial charge < -0.3 is 14.2 Å². The lowest BCUT2D eigenvalue weighted by atomic mass is 9.93. The predicted molar refractivity (Wildman–Crippen MR) is 89.2 cm³/mol. The summed E-state index contributed by atoms with van der Waals surface area (Å²) in [7, 11) is 0. The number of aliphatic imine (C=N–C) groups is 1. The maximum Gasteiger partial charge on any atom is 0.434 e. The summed E-state index contributed by atoms with van der Waals surface area (Å²) in [4.78, 5) is 3.96. The maximum absolute atomic E-state index is 13.9. The quantitative estimate of drug-likeness (QED) is 0.818. The van der Waals surface area contributed by atoms with Crippen LogP contribution in [0.2, 0.25) is 0 Å². The fourth-order valence-corrected chi connectivity index (χ4v) is 2.86. The minimum atomic E-state index is -4.65. The Balaban J connectivity index is 1.63. The van der Waals surface area contributed by atoms with E-state index in [0.29, 0.717) is 5.75 Å². The molecule has 4 rings (SSSR count). The van der Waals surface area contributed by atoms with Crippen molar-refractivity contribution >= 4 is 12.0 Å². The number of rotatable bonds is 3. The van der Waals surface area contributed by atoms with Crippen LogP contribution < -0.4 is 9.47 Å². The first kappa shape index (κ1) is 16.5. The van der Waals surface area contributed by atoms with Crippen molar-refractivity contribution < 1.29 is 27.4 Å². The molecular formula is C19H14F3NO3. The Hall–Kier alpha value is -2.96. The largest absolute Gasteiger partial charge is 0.455 e. The predicted octanol–water partition coefficient (Wildman–Crippen LogP) is 4.32. The van der Waals surface area contributed by atoms with Gasteiger partial charge in [0.25, 0.3) is 0 Å². The molecule has 0 saturated carbocycles. The molecule has 0 bridgehead atoms. The molecule has 7 heteroatoms. The minimum Gasteiger partial charge on any atom is -0.455 e. The summed E-state index contributed by atoms with van der Waals surface area (Å²) in [5.41, 5.74) is -1.77. The van der Waals surface area contributed by atoms with Crippen molar-refractivity contribution in [2.24, 2.45) is 4.99 Å². The van der Waals surface area contributed by atoms with Crippen LogP contribution in [0, 0.1) is 0 Å². The lowest BCUT2D eigenvalue weighted by molar-refractivity contribution is -0.249. The lowest BCUT2D eigenvalue weighted by Gasteiger charge is -2.30. The fraction of sp³-hybridized carbons (Fsp3) is 0.211. The molecule has 1 unspecified atom stereocenters. The first-order chi connectivity index (χ1) is 12.5. The molecule has 0 radical (unpaired) electrons. The summed E-state index contributed by atoms with van der Waals surface area (Å²) in [6.07, 6.45) is -1.55. The number of benzene rings is 2. The number of alkyl halides is 3. The van der Waals surface area contributed by atoms with Crippen molar-refractivity contribution in [1.29, 1.82) is 0 Å². The van der Waals surface area contributed by atoms with Crippen molar-refractivity contribution in [2.75, 3.05) is 13.3 Å². The van der Waals surface area contributed by atoms with Crippen LogP contribution in [0.3, 0.4) is 0 Å². The van der Waals surface area contributed by atoms with Gasteiger partial charge in [0.15, 0.2) is 11.5 Å². The molecular weight excluding hydrogens is 347 g/mol. The summed E-state index contributed by atoms with van der Waals surface area (Å²) < 4.78 is 57.4. The highest BCUT2D eigenvalue weighted by molar-refractivity contribution is 5.93. The van der Waals surface area contributed by atoms with Gasteiger partial charge in [0.05, 0.1) is 6.54 Å². The van der Waals surface area contributed by atoms with Gasteiger partial charge in [-0.25, -0.2) is 4.99 Å². The average molecular weight is 361 g/mol. The normalized spacial score (nSPS) is 21.7. The average Bonchev–Trinajstić information content (AvgIpc) is 3.27. The van der Waals surface area contributed by atoms with E-state index < -0.39 is 18.3 Å². The zero-order chi connectivity index (χ0) is 18.2. The third kappa shape index (κ3) is 2.79. The molecule has 2 heterocycles. The van der Waals surface area contributed by atoms with E-state index in [0.717, 1.165) is 5.56 Å². The molecule has 1 atom stereocenters. The third-order valence-electron chi connectivity index (χ3n) is 4.25. The molecule has 26 heavy (non-hydrogen) atoms. The van der Waals surface area contributed by atoms with Crippen LogP contribution in [0.4, 0.5) is 13.2 Å². The zero-order valence-electron chi connectivity index (χ0n) is 13.5. The fourth-order valence-electron chi connectivity index (χ4n) is 2.86. The van der Waals surface area contributed by atoms with Gasteiger partial charge in [-0.15, -0.1) is 0 Å². The van der Waals surface area contributed by atoms with E-state index in [1.54, 1.807) is 6.08 Å². The Morgan fingerprint density at radius 2 is 1.73 bits per heavy atom. The molecule has 2 aromatic rings. The summed E-state index contributed by atoms with van der Waals surface area (Å²) in [5, 5.41) is 0. The van der Waals surface area contributed by atoms with Crippen molar-refractivity contribution in [3.63, 3.8) is 0 Å². The van der Waals surface area contributed by atoms with Crippen molar-refractivity contribution in [2.45, 2.75) is 11.8 Å². The van der Waals surface area contributed by atoms with Crippen LogP contribution in [0.15, 0.2) is 59.6 Å². The highest BCUT2D eigenvalue weighted by Crippen LogP contribution is 2.47. The molecule has 0 N–H and O–H groups in total. The van der Waals surface area contributed by atoms with Crippen LogP contribution in [0.25, 0.3) is 6.08 Å². The van der Waals surface area contributed by atoms with Gasteiger partial charge in [-0.1, -0.05) is 36.4 Å². The topological polar surface area (TPSA) is 40.0 Å². The molecule has 0 spiro atoms. The van der Waals surface area contributed by atoms with E-state index in [-0.39, 0.29) is 24.0 Å². The van der Waals surface area contributed by atoms with E-state index in [1.165, 1.54) is 24.3 Å². The number of nitrogens with zero attached hydrogens (tertiary/aromatic N) is 1. The first-order valence-corrected chi connectivity index (χ1v) is 7.91. The van der Waals surface area contributed by atoms with Gasteiger partial charge in [0.2, 0.25) is 18.3 Å². The monoisotopic (exact) mass is 361 g/mol. The van der Waals surface area contributed by atoms with Crippen LogP contribution in [0.5, 0.6) is 11.5 Å². The summed E-state index contributed by atoms with van der Waals surface area (Å²) in [6.45, 7) is -0.565. The number of hydrogen-bond donors (Lipinski definition) is 0. The van der Waals surface area contributed by atoms with E-state index in [2.05, 4.69) is 4.99 Å². The Morgan fingerprint density at radius 1 is 0.962 bits per heavy atom. The van der Waals surface area contributed by atoms with Crippen LogP contribution >= 0.6 is 0 Å². The number of hydrogen-bond acceptors (Lipinski definition) is 4. The second-order valence-electron chi connectivity index (χ2n) is 5.89. The molecule has 2 aliphatic heterocycles. The molecule has 0 aromatic heterocycles. The van der Waals surface area contributed by atoms with Crippen LogP contribution in [-0.4, -0.2) is 25.4 Å². The number of ether oxygens (including phenoxy) is 3. The SMILES string of the molecule is FC(F)(F)C1(c2ccc3c(c2)OCO3)CN=C(/C=C\c2ccccc2)O1. The Morgan fingerprint density at radius 3 is 2.50 bits per heavy atom. The summed E-state index contributed by atoms with van der Waals surface area (Å²) >= 11 is 0. The Bertz CT molecular complexity index is 877. The van der Waals surface area contributed by atoms with E-state index in [1.807, 2.05) is 30.3 Å². The highest BCUT2D eigenvalue weighted by Gasteiger charge is 2.61. The lowest BCUT2D eigenvalue weighted by Crippen LogP contribution is -2.45. The minimum absolute atomic E-state index is 0.0137. The number of fused-ring (bicyclic) bond motifs is 1. The molecule has 0 fully saturated rings. The van der Waals surface area contributed by atoms with E-state index >= 15 is 0 Å². The molecule has 134 valence electrons. The zero-order valence-corrected chi connectivity index (χ0v) is 13.5. The second kappa shape index (κ2) is 6.09. The molecule has 2 aromatic carbocycles. The Kier molecular flexibility index (Phi) is 3.86. The molecule has 0 amide bonds. The van der Waals surface area contributed by atoms with Gasteiger partial charge in [-0.2, -0.15) is 13.2 Å². The van der Waals surface area contributed by atoms with Gasteiger partial charge in [0, 0.05) is 11.6 Å². The highest BCUT2D eigenvalue weighted by atomic mass is 19.4.